The van der Waals surface area contributed by atoms with Gasteiger partial charge >= 0.3 is 0 Å². The van der Waals surface area contributed by atoms with Crippen molar-refractivity contribution < 1.29 is 0 Å². The molecule has 4 aromatic carbocycles. The summed E-state index contributed by atoms with van der Waals surface area (Å²) < 4.78 is 0. The lowest BCUT2D eigenvalue weighted by Gasteiger charge is -2.17. The van der Waals surface area contributed by atoms with Crippen LogP contribution in [0, 0.1) is 0 Å². The molecule has 0 fully saturated rings. The predicted octanol–water partition coefficient (Wildman–Crippen LogP) is 9.58. The van der Waals surface area contributed by atoms with E-state index in [0.717, 1.165) is 22.6 Å². The highest BCUT2D eigenvalue weighted by Crippen LogP contribution is 2.36. The number of aliphatic imine (C=N–C) groups is 1. The number of benzene rings is 4. The van der Waals surface area contributed by atoms with E-state index in [0.29, 0.717) is 11.8 Å². The zero-order valence-corrected chi connectivity index (χ0v) is 21.1. The van der Waals surface area contributed by atoms with Crippen LogP contribution in [0.3, 0.4) is 0 Å². The van der Waals surface area contributed by atoms with Crippen LogP contribution in [0.1, 0.15) is 56.2 Å². The molecule has 0 saturated heterocycles. The molecule has 172 valence electrons. The Morgan fingerprint density at radius 1 is 0.647 bits per heavy atom. The molecule has 1 N–H and O–H groups in total. The molecule has 2 nitrogen and oxygen atoms in total. The van der Waals surface area contributed by atoms with Gasteiger partial charge < -0.3 is 5.32 Å². The molecule has 4 aromatic rings. The summed E-state index contributed by atoms with van der Waals surface area (Å²) in [4.78, 5) is 7.45. The Hall–Kier alpha value is -3.30. The fraction of sp³-hybridized carbons (Fsp3) is 0.194. The summed E-state index contributed by atoms with van der Waals surface area (Å²) in [5, 5.41) is 3.66. The van der Waals surface area contributed by atoms with Gasteiger partial charge in [-0.3, -0.25) is 4.99 Å². The number of rotatable bonds is 8. The smallest absolute Gasteiger partial charge is 0.0699 e. The molecule has 0 aliphatic carbocycles. The summed E-state index contributed by atoms with van der Waals surface area (Å²) in [6, 6.07) is 33.8. The molecule has 4 rings (SSSR count). The van der Waals surface area contributed by atoms with Crippen molar-refractivity contribution in [1.29, 1.82) is 0 Å². The van der Waals surface area contributed by atoms with E-state index >= 15 is 0 Å². The van der Waals surface area contributed by atoms with E-state index in [1.165, 1.54) is 20.9 Å². The Morgan fingerprint density at radius 3 is 1.91 bits per heavy atom. The van der Waals surface area contributed by atoms with Crippen molar-refractivity contribution >= 4 is 35.0 Å². The number of nitrogens with zero attached hydrogens (tertiary/aromatic N) is 1. The van der Waals surface area contributed by atoms with Gasteiger partial charge in [0, 0.05) is 27.3 Å². The minimum absolute atomic E-state index is 0.418. The van der Waals surface area contributed by atoms with E-state index in [4.69, 9.17) is 4.99 Å². The fourth-order valence-corrected chi connectivity index (χ4v) is 4.86. The molecule has 0 spiro atoms. The first-order chi connectivity index (χ1) is 16.5. The average Bonchev–Trinajstić information content (AvgIpc) is 2.85. The lowest BCUT2D eigenvalue weighted by Crippen LogP contribution is -1.98. The Labute approximate surface area is 208 Å². The Morgan fingerprint density at radius 2 is 1.24 bits per heavy atom. The van der Waals surface area contributed by atoms with Crippen molar-refractivity contribution in [3.05, 3.63) is 114 Å². The van der Waals surface area contributed by atoms with Gasteiger partial charge in [-0.1, -0.05) is 106 Å². The first kappa shape index (κ1) is 23.8. The minimum Gasteiger partial charge on any atom is -0.354 e. The fourth-order valence-electron chi connectivity index (χ4n) is 3.94. The van der Waals surface area contributed by atoms with Gasteiger partial charge in [0.25, 0.3) is 0 Å². The van der Waals surface area contributed by atoms with Gasteiger partial charge in [-0.25, -0.2) is 0 Å². The number of hydrogen-bond acceptors (Lipinski definition) is 3. The second-order valence-corrected chi connectivity index (χ2v) is 10.1. The summed E-state index contributed by atoms with van der Waals surface area (Å²) in [6.07, 6.45) is 2.00. The van der Waals surface area contributed by atoms with Crippen LogP contribution in [-0.2, 0) is 0 Å². The second-order valence-electron chi connectivity index (χ2n) is 8.98. The molecule has 0 aliphatic rings. The largest absolute Gasteiger partial charge is 0.354 e. The summed E-state index contributed by atoms with van der Waals surface area (Å²) in [5.74, 6) is 0.835. The van der Waals surface area contributed by atoms with Crippen LogP contribution < -0.4 is 5.32 Å². The Kier molecular flexibility index (Phi) is 7.87. The number of hydrogen-bond donors (Lipinski definition) is 1. The summed E-state index contributed by atoms with van der Waals surface area (Å²) >= 11 is 1.76. The average molecular weight is 465 g/mol. The van der Waals surface area contributed by atoms with Crippen molar-refractivity contribution in [2.75, 3.05) is 5.32 Å². The van der Waals surface area contributed by atoms with E-state index in [1.807, 2.05) is 12.3 Å². The second kappa shape index (κ2) is 11.2. The molecule has 0 bridgehead atoms. The van der Waals surface area contributed by atoms with Crippen LogP contribution in [-0.4, -0.2) is 6.21 Å². The third-order valence-corrected chi connectivity index (χ3v) is 6.85. The molecule has 0 amide bonds. The molecule has 0 aliphatic heterocycles. The molecule has 0 radical (unpaired) electrons. The van der Waals surface area contributed by atoms with Crippen molar-refractivity contribution in [1.82, 2.24) is 0 Å². The van der Waals surface area contributed by atoms with Crippen molar-refractivity contribution in [3.63, 3.8) is 0 Å². The number of nitrogens with one attached hydrogen (secondary N) is 1. The van der Waals surface area contributed by atoms with E-state index < -0.39 is 0 Å². The van der Waals surface area contributed by atoms with Gasteiger partial charge in [0.1, 0.15) is 0 Å². The van der Waals surface area contributed by atoms with E-state index in [-0.39, 0.29) is 0 Å². The minimum atomic E-state index is 0.418. The zero-order valence-electron chi connectivity index (χ0n) is 20.3. The van der Waals surface area contributed by atoms with Gasteiger partial charge in [0.2, 0.25) is 0 Å². The molecular formula is C31H32N2S. The molecule has 3 heteroatoms. The molecule has 0 aromatic heterocycles. The number of para-hydroxylation sites is 3. The quantitative estimate of drug-likeness (QED) is 0.262. The summed E-state index contributed by atoms with van der Waals surface area (Å²) in [6.45, 7) is 8.93. The highest BCUT2D eigenvalue weighted by molar-refractivity contribution is 7.99. The lowest BCUT2D eigenvalue weighted by molar-refractivity contribution is 0.835. The molecule has 0 saturated carbocycles. The zero-order chi connectivity index (χ0) is 23.9. The highest BCUT2D eigenvalue weighted by atomic mass is 32.2. The summed E-state index contributed by atoms with van der Waals surface area (Å²) in [5.41, 5.74) is 6.87. The molecular weight excluding hydrogens is 432 g/mol. The van der Waals surface area contributed by atoms with Crippen molar-refractivity contribution in [3.8, 4) is 0 Å². The normalized spacial score (nSPS) is 11.5. The van der Waals surface area contributed by atoms with E-state index in [1.54, 1.807) is 11.8 Å². The monoisotopic (exact) mass is 464 g/mol. The van der Waals surface area contributed by atoms with E-state index in [2.05, 4.69) is 124 Å². The molecule has 0 unspecified atom stereocenters. The maximum Gasteiger partial charge on any atom is 0.0699 e. The van der Waals surface area contributed by atoms with Gasteiger partial charge in [-0.15, -0.1) is 0 Å². The van der Waals surface area contributed by atoms with Gasteiger partial charge in [0.05, 0.1) is 11.4 Å². The van der Waals surface area contributed by atoms with Crippen LogP contribution in [0.4, 0.5) is 17.1 Å². The third kappa shape index (κ3) is 5.78. The molecule has 0 heterocycles. The lowest BCUT2D eigenvalue weighted by atomic mass is 9.93. The predicted molar refractivity (Wildman–Crippen MR) is 149 cm³/mol. The number of anilines is 2. The topological polar surface area (TPSA) is 24.4 Å². The SMILES string of the molecule is CC(C)c1cccc(C(C)C)c1N=Cc1ccccc1Nc1ccccc1Sc1ccccc1. The maximum atomic E-state index is 5.04. The van der Waals surface area contributed by atoms with Gasteiger partial charge in [-0.05, 0) is 53.3 Å². The van der Waals surface area contributed by atoms with Gasteiger partial charge in [-0.2, -0.15) is 0 Å². The van der Waals surface area contributed by atoms with Crippen molar-refractivity contribution in [2.24, 2.45) is 4.99 Å². The first-order valence-electron chi connectivity index (χ1n) is 11.9. The highest BCUT2D eigenvalue weighted by Gasteiger charge is 2.13. The summed E-state index contributed by atoms with van der Waals surface area (Å²) in [7, 11) is 0. The Balaban J connectivity index is 1.66. The molecule has 0 atom stereocenters. The third-order valence-electron chi connectivity index (χ3n) is 5.76. The van der Waals surface area contributed by atoms with Crippen LogP contribution in [0.15, 0.2) is 112 Å². The van der Waals surface area contributed by atoms with Crippen LogP contribution >= 0.6 is 11.8 Å². The maximum absolute atomic E-state index is 5.04. The van der Waals surface area contributed by atoms with Crippen LogP contribution in [0.25, 0.3) is 0 Å². The standard InChI is InChI=1S/C31H32N2S/c1-22(2)26-16-12-17-27(23(3)4)31(26)32-21-24-13-8-9-18-28(24)33-29-19-10-11-20-30(29)34-25-14-6-5-7-15-25/h5-23,33H,1-4H3. The van der Waals surface area contributed by atoms with E-state index in [9.17, 15) is 0 Å². The Bertz CT molecular complexity index is 1230. The van der Waals surface area contributed by atoms with Crippen LogP contribution in [0.5, 0.6) is 0 Å². The van der Waals surface area contributed by atoms with Crippen LogP contribution in [0.2, 0.25) is 0 Å². The molecule has 34 heavy (non-hydrogen) atoms. The first-order valence-corrected chi connectivity index (χ1v) is 12.7. The van der Waals surface area contributed by atoms with Gasteiger partial charge in [0.15, 0.2) is 0 Å². The van der Waals surface area contributed by atoms with Crippen molar-refractivity contribution in [2.45, 2.75) is 49.3 Å².